The zero-order valence-electron chi connectivity index (χ0n) is 16.8. The van der Waals surface area contributed by atoms with Gasteiger partial charge in [-0.15, -0.1) is 0 Å². The number of benzene rings is 2. The van der Waals surface area contributed by atoms with Crippen LogP contribution in [0, 0.1) is 13.8 Å². The first-order chi connectivity index (χ1) is 13.3. The molecule has 1 heterocycles. The molecule has 1 amide bonds. The first-order valence-corrected chi connectivity index (χ1v) is 9.44. The molecule has 0 aliphatic heterocycles. The molecule has 3 rings (SSSR count). The molecule has 0 aliphatic carbocycles. The van der Waals surface area contributed by atoms with Crippen LogP contribution in [0.2, 0.25) is 0 Å². The second-order valence-corrected chi connectivity index (χ2v) is 7.43. The van der Waals surface area contributed by atoms with Gasteiger partial charge in [-0.3, -0.25) is 9.59 Å². The predicted octanol–water partition coefficient (Wildman–Crippen LogP) is 4.57. The van der Waals surface area contributed by atoms with E-state index in [-0.39, 0.29) is 17.1 Å². The summed E-state index contributed by atoms with van der Waals surface area (Å²) in [7, 11) is 0. The summed E-state index contributed by atoms with van der Waals surface area (Å²) in [5, 5.41) is 3.08. The molecule has 28 heavy (non-hydrogen) atoms. The van der Waals surface area contributed by atoms with E-state index < -0.39 is 0 Å². The Hall–Kier alpha value is -3.14. The summed E-state index contributed by atoms with van der Waals surface area (Å²) in [4.78, 5) is 27.8. The number of H-pyrrole nitrogens is 1. The second-order valence-electron chi connectivity index (χ2n) is 7.43. The Morgan fingerprint density at radius 1 is 0.929 bits per heavy atom. The van der Waals surface area contributed by atoms with Gasteiger partial charge < -0.3 is 10.3 Å². The third kappa shape index (κ3) is 3.63. The van der Waals surface area contributed by atoms with E-state index in [2.05, 4.69) is 41.5 Å². The highest BCUT2D eigenvalue weighted by molar-refractivity contribution is 6.02. The van der Waals surface area contributed by atoms with Crippen LogP contribution in [0.5, 0.6) is 0 Å². The van der Waals surface area contributed by atoms with Crippen molar-refractivity contribution in [1.82, 2.24) is 10.3 Å². The smallest absolute Gasteiger partial charge is 0.268 e. The van der Waals surface area contributed by atoms with Crippen LogP contribution < -0.4 is 5.32 Å². The number of hydrogen-bond donors (Lipinski definition) is 2. The molecule has 0 atom stereocenters. The fourth-order valence-corrected chi connectivity index (χ4v) is 3.83. The zero-order chi connectivity index (χ0) is 20.3. The highest BCUT2D eigenvalue weighted by atomic mass is 16.2. The second kappa shape index (κ2) is 7.85. The minimum atomic E-state index is -0.378. The number of Topliss-reactive ketones (excluding diaryl/α,β-unsaturated/α-hetero) is 1. The number of hydrogen-bond acceptors (Lipinski definition) is 2. The number of nitrogens with one attached hydrogen (secondary N) is 2. The van der Waals surface area contributed by atoms with Gasteiger partial charge in [0.1, 0.15) is 5.69 Å². The Balaban J connectivity index is 1.91. The van der Waals surface area contributed by atoms with Gasteiger partial charge in [-0.2, -0.15) is 0 Å². The highest BCUT2D eigenvalue weighted by Gasteiger charge is 2.30. The van der Waals surface area contributed by atoms with Crippen LogP contribution in [0.1, 0.15) is 57.1 Å². The lowest BCUT2D eigenvalue weighted by atomic mass is 9.76. The molecule has 0 bridgehead atoms. The molecule has 4 heteroatoms. The third-order valence-corrected chi connectivity index (χ3v) is 5.44. The summed E-state index contributed by atoms with van der Waals surface area (Å²) in [5.41, 5.74) is 4.35. The number of rotatable bonds is 6. The van der Waals surface area contributed by atoms with Crippen molar-refractivity contribution in [2.24, 2.45) is 0 Å². The van der Waals surface area contributed by atoms with Crippen LogP contribution in [-0.2, 0) is 5.41 Å². The highest BCUT2D eigenvalue weighted by Crippen LogP contribution is 2.31. The average Bonchev–Trinajstić information content (AvgIpc) is 3.01. The standard InChI is InChI=1S/C24H26N2O2/c1-16-21(18(3)27)17(2)26-22(16)23(28)25-15-24(4,19-11-7-5-8-12-19)20-13-9-6-10-14-20/h5-14,26H,15H2,1-4H3,(H,25,28). The molecule has 2 N–H and O–H groups in total. The molecule has 4 nitrogen and oxygen atoms in total. The molecule has 0 unspecified atom stereocenters. The van der Waals surface area contributed by atoms with Gasteiger partial charge >= 0.3 is 0 Å². The molecule has 0 aliphatic rings. The van der Waals surface area contributed by atoms with Gasteiger partial charge in [0.15, 0.2) is 5.78 Å². The molecule has 0 radical (unpaired) electrons. The number of amides is 1. The maximum absolute atomic E-state index is 12.9. The van der Waals surface area contributed by atoms with E-state index in [9.17, 15) is 9.59 Å². The molecule has 144 valence electrons. The molecule has 0 saturated carbocycles. The van der Waals surface area contributed by atoms with Gasteiger partial charge in [-0.05, 0) is 44.4 Å². The maximum Gasteiger partial charge on any atom is 0.268 e. The van der Waals surface area contributed by atoms with E-state index in [4.69, 9.17) is 0 Å². The first-order valence-electron chi connectivity index (χ1n) is 9.44. The number of aromatic nitrogens is 1. The summed E-state index contributed by atoms with van der Waals surface area (Å²) in [6.45, 7) is 7.71. The van der Waals surface area contributed by atoms with Gasteiger partial charge in [-0.1, -0.05) is 60.7 Å². The van der Waals surface area contributed by atoms with Crippen LogP contribution in [0.3, 0.4) is 0 Å². The van der Waals surface area contributed by atoms with E-state index >= 15 is 0 Å². The van der Waals surface area contributed by atoms with Gasteiger partial charge in [0.05, 0.1) is 0 Å². The van der Waals surface area contributed by atoms with Crippen LogP contribution in [0.15, 0.2) is 60.7 Å². The van der Waals surface area contributed by atoms with E-state index in [1.807, 2.05) is 50.2 Å². The monoisotopic (exact) mass is 374 g/mol. The Morgan fingerprint density at radius 2 is 1.43 bits per heavy atom. The van der Waals surface area contributed by atoms with Crippen LogP contribution in [0.4, 0.5) is 0 Å². The van der Waals surface area contributed by atoms with Crippen molar-refractivity contribution in [3.63, 3.8) is 0 Å². The summed E-state index contributed by atoms with van der Waals surface area (Å²) >= 11 is 0. The number of carbonyl (C=O) groups excluding carboxylic acids is 2. The number of carbonyl (C=O) groups is 2. The van der Waals surface area contributed by atoms with Gasteiger partial charge in [0.25, 0.3) is 5.91 Å². The van der Waals surface area contributed by atoms with Crippen molar-refractivity contribution in [2.45, 2.75) is 33.1 Å². The van der Waals surface area contributed by atoms with Crippen molar-refractivity contribution >= 4 is 11.7 Å². The van der Waals surface area contributed by atoms with Crippen LogP contribution >= 0.6 is 0 Å². The molecular weight excluding hydrogens is 348 g/mol. The minimum Gasteiger partial charge on any atom is -0.354 e. The van der Waals surface area contributed by atoms with E-state index in [0.29, 0.717) is 23.4 Å². The number of aromatic amines is 1. The summed E-state index contributed by atoms with van der Waals surface area (Å²) in [6.07, 6.45) is 0. The van der Waals surface area contributed by atoms with Crippen molar-refractivity contribution in [3.8, 4) is 0 Å². The molecular formula is C24H26N2O2. The normalized spacial score (nSPS) is 11.3. The molecule has 0 saturated heterocycles. The predicted molar refractivity (Wildman–Crippen MR) is 112 cm³/mol. The number of aryl methyl sites for hydroxylation is 1. The van der Waals surface area contributed by atoms with Crippen molar-refractivity contribution in [3.05, 3.63) is 94.3 Å². The fraction of sp³-hybridized carbons (Fsp3) is 0.250. The van der Waals surface area contributed by atoms with Crippen molar-refractivity contribution in [1.29, 1.82) is 0 Å². The lowest BCUT2D eigenvalue weighted by molar-refractivity contribution is 0.0942. The molecule has 0 spiro atoms. The van der Waals surface area contributed by atoms with Crippen molar-refractivity contribution in [2.75, 3.05) is 6.54 Å². The lowest BCUT2D eigenvalue weighted by Gasteiger charge is -2.31. The molecule has 2 aromatic carbocycles. The maximum atomic E-state index is 12.9. The molecule has 1 aromatic heterocycles. The summed E-state index contributed by atoms with van der Waals surface area (Å²) in [6, 6.07) is 20.3. The quantitative estimate of drug-likeness (QED) is 0.621. The van der Waals surface area contributed by atoms with E-state index in [1.54, 1.807) is 0 Å². The van der Waals surface area contributed by atoms with Gasteiger partial charge in [0.2, 0.25) is 0 Å². The van der Waals surface area contributed by atoms with Gasteiger partial charge in [0, 0.05) is 23.2 Å². The Morgan fingerprint density at radius 3 is 1.86 bits per heavy atom. The largest absolute Gasteiger partial charge is 0.354 e. The molecule has 3 aromatic rings. The van der Waals surface area contributed by atoms with Crippen LogP contribution in [-0.4, -0.2) is 23.2 Å². The van der Waals surface area contributed by atoms with E-state index in [0.717, 1.165) is 16.8 Å². The third-order valence-electron chi connectivity index (χ3n) is 5.44. The number of ketones is 1. The summed E-state index contributed by atoms with van der Waals surface area (Å²) < 4.78 is 0. The Bertz CT molecular complexity index is 949. The first kappa shape index (κ1) is 19.6. The van der Waals surface area contributed by atoms with Crippen molar-refractivity contribution < 1.29 is 9.59 Å². The van der Waals surface area contributed by atoms with Gasteiger partial charge in [-0.25, -0.2) is 0 Å². The Kier molecular flexibility index (Phi) is 5.50. The topological polar surface area (TPSA) is 62.0 Å². The average molecular weight is 374 g/mol. The van der Waals surface area contributed by atoms with Crippen LogP contribution in [0.25, 0.3) is 0 Å². The Labute approximate surface area is 166 Å². The minimum absolute atomic E-state index is 0.0382. The fourth-order valence-electron chi connectivity index (χ4n) is 3.83. The SMILES string of the molecule is CC(=O)c1c(C)[nH]c(C(=O)NCC(C)(c2ccccc2)c2ccccc2)c1C. The lowest BCUT2D eigenvalue weighted by Crippen LogP contribution is -2.40. The van der Waals surface area contributed by atoms with E-state index in [1.165, 1.54) is 6.92 Å². The zero-order valence-corrected chi connectivity index (χ0v) is 16.8. The summed E-state index contributed by atoms with van der Waals surface area (Å²) in [5.74, 6) is -0.241. The molecule has 0 fully saturated rings.